The molecule has 74 valence electrons. The van der Waals surface area contributed by atoms with Crippen LogP contribution in [-0.4, -0.2) is 0 Å². The number of rotatable bonds is 1. The van der Waals surface area contributed by atoms with Crippen LogP contribution in [0.2, 0.25) is 0 Å². The highest BCUT2D eigenvalue weighted by Crippen LogP contribution is 2.26. The molecule has 3 heteroatoms. The van der Waals surface area contributed by atoms with Gasteiger partial charge < -0.3 is 10.2 Å². The van der Waals surface area contributed by atoms with E-state index < -0.39 is 5.54 Å². The number of benzene rings is 1. The predicted octanol–water partition coefficient (Wildman–Crippen LogP) is 2.77. The zero-order chi connectivity index (χ0) is 10.3. The molecule has 0 aliphatic heterocycles. The fraction of sp³-hybridized carbons (Fsp3) is 0.273. The average Bonchev–Trinajstić information content (AvgIpc) is 2.47. The number of furan rings is 1. The van der Waals surface area contributed by atoms with Gasteiger partial charge in [-0.1, -0.05) is 0 Å². The first-order chi connectivity index (χ1) is 6.48. The molecule has 0 radical (unpaired) electrons. The Morgan fingerprint density at radius 1 is 1.36 bits per heavy atom. The maximum atomic E-state index is 13.6. The number of fused-ring (bicyclic) bond motifs is 1. The van der Waals surface area contributed by atoms with E-state index >= 15 is 0 Å². The topological polar surface area (TPSA) is 39.2 Å². The van der Waals surface area contributed by atoms with E-state index in [0.717, 1.165) is 5.39 Å². The summed E-state index contributed by atoms with van der Waals surface area (Å²) in [6, 6.07) is 4.90. The van der Waals surface area contributed by atoms with Gasteiger partial charge in [-0.2, -0.15) is 0 Å². The minimum atomic E-state index is -0.671. The number of hydrogen-bond acceptors (Lipinski definition) is 2. The van der Waals surface area contributed by atoms with E-state index in [4.69, 9.17) is 10.2 Å². The molecule has 1 aromatic heterocycles. The van der Waals surface area contributed by atoms with Crippen molar-refractivity contribution < 1.29 is 8.81 Å². The summed E-state index contributed by atoms with van der Waals surface area (Å²) in [6.45, 7) is 3.55. The Kier molecular flexibility index (Phi) is 1.86. The van der Waals surface area contributed by atoms with Crippen LogP contribution in [0.15, 0.2) is 28.9 Å². The van der Waals surface area contributed by atoms with Crippen molar-refractivity contribution in [3.05, 3.63) is 35.8 Å². The predicted molar refractivity (Wildman–Crippen MR) is 53.4 cm³/mol. The van der Waals surface area contributed by atoms with Crippen LogP contribution < -0.4 is 5.73 Å². The Hall–Kier alpha value is -1.35. The third-order valence-corrected chi connectivity index (χ3v) is 2.24. The lowest BCUT2D eigenvalue weighted by molar-refractivity contribution is 0.501. The number of nitrogens with two attached hydrogens (primary N) is 1. The summed E-state index contributed by atoms with van der Waals surface area (Å²) in [4.78, 5) is 0. The zero-order valence-corrected chi connectivity index (χ0v) is 8.17. The van der Waals surface area contributed by atoms with Gasteiger partial charge in [0.15, 0.2) is 0 Å². The van der Waals surface area contributed by atoms with Gasteiger partial charge >= 0.3 is 0 Å². The van der Waals surface area contributed by atoms with Gasteiger partial charge in [0.05, 0.1) is 6.26 Å². The molecule has 0 bridgehead atoms. The fourth-order valence-electron chi connectivity index (χ4n) is 1.48. The molecule has 2 rings (SSSR count). The van der Waals surface area contributed by atoms with Gasteiger partial charge in [0.2, 0.25) is 0 Å². The average molecular weight is 193 g/mol. The van der Waals surface area contributed by atoms with E-state index in [0.29, 0.717) is 11.1 Å². The van der Waals surface area contributed by atoms with Crippen molar-refractivity contribution in [2.75, 3.05) is 0 Å². The second-order valence-electron chi connectivity index (χ2n) is 4.01. The molecule has 2 N–H and O–H groups in total. The molecule has 0 aliphatic rings. The van der Waals surface area contributed by atoms with Crippen molar-refractivity contribution in [2.24, 2.45) is 5.73 Å². The highest BCUT2D eigenvalue weighted by Gasteiger charge is 2.19. The van der Waals surface area contributed by atoms with Crippen LogP contribution in [0.4, 0.5) is 4.39 Å². The normalized spacial score (nSPS) is 12.3. The lowest BCUT2D eigenvalue weighted by Crippen LogP contribution is -2.29. The van der Waals surface area contributed by atoms with Gasteiger partial charge in [0.1, 0.15) is 11.4 Å². The molecule has 0 atom stereocenters. The lowest BCUT2D eigenvalue weighted by Gasteiger charge is -2.19. The monoisotopic (exact) mass is 193 g/mol. The van der Waals surface area contributed by atoms with Gasteiger partial charge in [-0.15, -0.1) is 0 Å². The molecule has 0 fully saturated rings. The van der Waals surface area contributed by atoms with Crippen LogP contribution in [-0.2, 0) is 5.54 Å². The van der Waals surface area contributed by atoms with Gasteiger partial charge in [-0.25, -0.2) is 4.39 Å². The largest absolute Gasteiger partial charge is 0.464 e. The van der Waals surface area contributed by atoms with Crippen LogP contribution in [0.3, 0.4) is 0 Å². The maximum absolute atomic E-state index is 13.6. The highest BCUT2D eigenvalue weighted by molar-refractivity contribution is 5.78. The van der Waals surface area contributed by atoms with Gasteiger partial charge in [0.25, 0.3) is 0 Å². The number of halogens is 1. The summed E-state index contributed by atoms with van der Waals surface area (Å²) in [5, 5.41) is 0.875. The molecule has 2 aromatic rings. The molecule has 0 amide bonds. The van der Waals surface area contributed by atoms with Crippen molar-refractivity contribution in [1.82, 2.24) is 0 Å². The van der Waals surface area contributed by atoms with Crippen molar-refractivity contribution in [3.63, 3.8) is 0 Å². The standard InChI is InChI=1S/C11H12FNO/c1-11(2,13)8-5-7-3-4-14-10(7)6-9(8)12/h3-6H,13H2,1-2H3. The summed E-state index contributed by atoms with van der Waals surface area (Å²) in [7, 11) is 0. The molecular weight excluding hydrogens is 181 g/mol. The van der Waals surface area contributed by atoms with E-state index in [2.05, 4.69) is 0 Å². The zero-order valence-electron chi connectivity index (χ0n) is 8.17. The smallest absolute Gasteiger partial charge is 0.136 e. The second kappa shape index (κ2) is 2.82. The summed E-state index contributed by atoms with van der Waals surface area (Å²) >= 11 is 0. The molecular formula is C11H12FNO. The Balaban J connectivity index is 2.71. The minimum Gasteiger partial charge on any atom is -0.464 e. The van der Waals surface area contributed by atoms with Crippen molar-refractivity contribution >= 4 is 11.0 Å². The third-order valence-electron chi connectivity index (χ3n) is 2.24. The van der Waals surface area contributed by atoms with E-state index in [9.17, 15) is 4.39 Å². The molecule has 0 unspecified atom stereocenters. The van der Waals surface area contributed by atoms with E-state index in [1.807, 2.05) is 0 Å². The molecule has 0 aliphatic carbocycles. The van der Waals surface area contributed by atoms with Gasteiger partial charge in [-0.05, 0) is 26.0 Å². The quantitative estimate of drug-likeness (QED) is 0.756. The first kappa shape index (κ1) is 9.21. The SMILES string of the molecule is CC(C)(N)c1cc2ccoc2cc1F. The Labute approximate surface area is 81.5 Å². The molecule has 0 spiro atoms. The van der Waals surface area contributed by atoms with Crippen LogP contribution in [0.1, 0.15) is 19.4 Å². The number of hydrogen-bond donors (Lipinski definition) is 1. The molecule has 1 aromatic carbocycles. The summed E-state index contributed by atoms with van der Waals surface area (Å²) in [6.07, 6.45) is 1.54. The maximum Gasteiger partial charge on any atom is 0.136 e. The Morgan fingerprint density at radius 2 is 2.07 bits per heavy atom. The molecule has 1 heterocycles. The van der Waals surface area contributed by atoms with Crippen LogP contribution in [0.25, 0.3) is 11.0 Å². The van der Waals surface area contributed by atoms with Gasteiger partial charge in [0, 0.05) is 22.6 Å². The van der Waals surface area contributed by atoms with E-state index in [-0.39, 0.29) is 5.82 Å². The highest BCUT2D eigenvalue weighted by atomic mass is 19.1. The van der Waals surface area contributed by atoms with Crippen LogP contribution in [0, 0.1) is 5.82 Å². The van der Waals surface area contributed by atoms with Crippen molar-refractivity contribution in [1.29, 1.82) is 0 Å². The minimum absolute atomic E-state index is 0.319. The lowest BCUT2D eigenvalue weighted by atomic mass is 9.94. The summed E-state index contributed by atoms with van der Waals surface area (Å²) < 4.78 is 18.6. The van der Waals surface area contributed by atoms with Gasteiger partial charge in [-0.3, -0.25) is 0 Å². The first-order valence-corrected chi connectivity index (χ1v) is 4.44. The van der Waals surface area contributed by atoms with Crippen LogP contribution >= 0.6 is 0 Å². The fourth-order valence-corrected chi connectivity index (χ4v) is 1.48. The van der Waals surface area contributed by atoms with E-state index in [1.54, 1.807) is 26.0 Å². The Morgan fingerprint density at radius 3 is 2.71 bits per heavy atom. The Bertz CT molecular complexity index is 468. The molecule has 0 saturated carbocycles. The molecule has 2 nitrogen and oxygen atoms in total. The molecule has 14 heavy (non-hydrogen) atoms. The summed E-state index contributed by atoms with van der Waals surface area (Å²) in [5.74, 6) is -0.319. The molecule has 0 saturated heterocycles. The van der Waals surface area contributed by atoms with Crippen molar-refractivity contribution in [3.8, 4) is 0 Å². The first-order valence-electron chi connectivity index (χ1n) is 4.44. The van der Waals surface area contributed by atoms with Crippen LogP contribution in [0.5, 0.6) is 0 Å². The summed E-state index contributed by atoms with van der Waals surface area (Å²) in [5.41, 5.74) is 6.23. The second-order valence-corrected chi connectivity index (χ2v) is 4.01. The van der Waals surface area contributed by atoms with E-state index in [1.165, 1.54) is 12.3 Å². The van der Waals surface area contributed by atoms with Crippen molar-refractivity contribution in [2.45, 2.75) is 19.4 Å². The third kappa shape index (κ3) is 1.40.